The lowest BCUT2D eigenvalue weighted by Gasteiger charge is -2.21. The smallest absolute Gasteiger partial charge is 0.389 e. The number of hydrogen-bond donors (Lipinski definition) is 1. The zero-order chi connectivity index (χ0) is 15.6. The number of hydrogen-bond acceptors (Lipinski definition) is 4. The Bertz CT molecular complexity index is 639. The van der Waals surface area contributed by atoms with Gasteiger partial charge in [0.15, 0.2) is 0 Å². The van der Waals surface area contributed by atoms with E-state index >= 15 is 0 Å². The van der Waals surface area contributed by atoms with Crippen LogP contribution in [0.2, 0.25) is 0 Å². The molecule has 0 aliphatic heterocycles. The highest BCUT2D eigenvalue weighted by Gasteiger charge is 2.34. The Morgan fingerprint density at radius 3 is 2.67 bits per heavy atom. The van der Waals surface area contributed by atoms with Gasteiger partial charge in [0.05, 0.1) is 23.3 Å². The molecule has 2 aromatic rings. The van der Waals surface area contributed by atoms with E-state index in [1.807, 2.05) is 5.38 Å². The second kappa shape index (κ2) is 5.98. The Labute approximate surface area is 129 Å². The normalized spacial score (nSPS) is 11.4. The van der Waals surface area contributed by atoms with E-state index in [2.05, 4.69) is 4.98 Å². The molecule has 0 fully saturated rings. The minimum atomic E-state index is -4.48. The second-order valence-electron chi connectivity index (χ2n) is 4.43. The van der Waals surface area contributed by atoms with E-state index in [9.17, 15) is 13.2 Å². The van der Waals surface area contributed by atoms with Gasteiger partial charge in [0.25, 0.3) is 0 Å². The molecule has 0 unspecified atom stereocenters. The molecular weight excluding hydrogens is 319 g/mol. The van der Waals surface area contributed by atoms with Crippen molar-refractivity contribution in [2.24, 2.45) is 5.73 Å². The summed E-state index contributed by atoms with van der Waals surface area (Å²) in [6, 6.07) is 3.76. The van der Waals surface area contributed by atoms with E-state index in [0.717, 1.165) is 11.8 Å². The summed E-state index contributed by atoms with van der Waals surface area (Å²) in [5.41, 5.74) is 7.58. The summed E-state index contributed by atoms with van der Waals surface area (Å²) in [5.74, 6) is 0. The maximum Gasteiger partial charge on any atom is 0.417 e. The Kier molecular flexibility index (Phi) is 4.48. The van der Waals surface area contributed by atoms with Crippen molar-refractivity contribution in [2.75, 3.05) is 11.9 Å². The molecule has 0 radical (unpaired) electrons. The van der Waals surface area contributed by atoms with Crippen LogP contribution in [0.4, 0.5) is 18.9 Å². The van der Waals surface area contributed by atoms with Gasteiger partial charge in [-0.25, -0.2) is 4.98 Å². The third-order valence-electron chi connectivity index (χ3n) is 2.90. The highest BCUT2D eigenvalue weighted by molar-refractivity contribution is 7.80. The lowest BCUT2D eigenvalue weighted by atomic mass is 10.1. The fourth-order valence-corrected chi connectivity index (χ4v) is 2.59. The quantitative estimate of drug-likeness (QED) is 0.872. The molecule has 0 atom stereocenters. The lowest BCUT2D eigenvalue weighted by molar-refractivity contribution is -0.137. The van der Waals surface area contributed by atoms with Gasteiger partial charge >= 0.3 is 6.18 Å². The van der Waals surface area contributed by atoms with Gasteiger partial charge in [0, 0.05) is 23.7 Å². The number of alkyl halides is 3. The molecule has 21 heavy (non-hydrogen) atoms. The number of halogens is 3. The standard InChI is InChI=1S/C13H12F3N3S2/c1-19(5-8-6-21-7-18-8)9-2-3-11(13(14,15)16)10(4-9)12(17)20/h2-4,6-7H,5H2,1H3,(H2,17,20). The summed E-state index contributed by atoms with van der Waals surface area (Å²) < 4.78 is 38.7. The Hall–Kier alpha value is -1.67. The fraction of sp³-hybridized carbons (Fsp3) is 0.231. The maximum atomic E-state index is 12.9. The lowest BCUT2D eigenvalue weighted by Crippen LogP contribution is -2.21. The van der Waals surface area contributed by atoms with Crippen LogP contribution in [0.1, 0.15) is 16.8 Å². The van der Waals surface area contributed by atoms with Gasteiger partial charge in [-0.1, -0.05) is 12.2 Å². The molecule has 0 spiro atoms. The summed E-state index contributed by atoms with van der Waals surface area (Å²) in [4.78, 5) is 5.66. The van der Waals surface area contributed by atoms with Gasteiger partial charge in [-0.05, 0) is 18.2 Å². The maximum absolute atomic E-state index is 12.9. The molecule has 112 valence electrons. The summed E-state index contributed by atoms with van der Waals surface area (Å²) >= 11 is 6.19. The average Bonchev–Trinajstić information content (AvgIpc) is 2.89. The van der Waals surface area contributed by atoms with Gasteiger partial charge in [-0.2, -0.15) is 13.2 Å². The topological polar surface area (TPSA) is 42.2 Å². The van der Waals surface area contributed by atoms with Gasteiger partial charge < -0.3 is 10.6 Å². The van der Waals surface area contributed by atoms with Gasteiger partial charge in [-0.15, -0.1) is 11.3 Å². The number of thiazole rings is 1. The molecule has 0 saturated heterocycles. The van der Waals surface area contributed by atoms with E-state index in [1.54, 1.807) is 17.5 Å². The van der Waals surface area contributed by atoms with Crippen molar-refractivity contribution in [3.05, 3.63) is 45.9 Å². The van der Waals surface area contributed by atoms with E-state index in [4.69, 9.17) is 18.0 Å². The summed E-state index contributed by atoms with van der Waals surface area (Å²) in [7, 11) is 1.77. The monoisotopic (exact) mass is 331 g/mol. The zero-order valence-corrected chi connectivity index (χ0v) is 12.6. The largest absolute Gasteiger partial charge is 0.417 e. The third-order valence-corrected chi connectivity index (χ3v) is 3.75. The minimum absolute atomic E-state index is 0.167. The highest BCUT2D eigenvalue weighted by atomic mass is 32.1. The number of benzene rings is 1. The first-order valence-corrected chi connectivity index (χ1v) is 7.23. The molecule has 0 aliphatic rings. The van der Waals surface area contributed by atoms with Crippen molar-refractivity contribution in [3.8, 4) is 0 Å². The highest BCUT2D eigenvalue weighted by Crippen LogP contribution is 2.34. The predicted molar refractivity (Wildman–Crippen MR) is 81.6 cm³/mol. The Morgan fingerprint density at radius 1 is 1.43 bits per heavy atom. The Morgan fingerprint density at radius 2 is 2.14 bits per heavy atom. The number of thiocarbonyl (C=S) groups is 1. The second-order valence-corrected chi connectivity index (χ2v) is 5.59. The van der Waals surface area contributed by atoms with Crippen LogP contribution >= 0.6 is 23.6 Å². The van der Waals surface area contributed by atoms with E-state index in [1.165, 1.54) is 23.5 Å². The van der Waals surface area contributed by atoms with Crippen molar-refractivity contribution in [2.45, 2.75) is 12.7 Å². The van der Waals surface area contributed by atoms with Crippen LogP contribution in [-0.2, 0) is 12.7 Å². The summed E-state index contributed by atoms with van der Waals surface area (Å²) in [6.07, 6.45) is -4.48. The first-order chi connectivity index (χ1) is 9.79. The molecular formula is C13H12F3N3S2. The average molecular weight is 331 g/mol. The van der Waals surface area contributed by atoms with Crippen LogP contribution in [-0.4, -0.2) is 17.0 Å². The molecule has 0 saturated carbocycles. The fourth-order valence-electron chi connectivity index (χ4n) is 1.87. The Balaban J connectivity index is 2.33. The third kappa shape index (κ3) is 3.70. The van der Waals surface area contributed by atoms with E-state index in [0.29, 0.717) is 12.2 Å². The summed E-state index contributed by atoms with van der Waals surface area (Å²) in [5, 5.41) is 1.88. The van der Waals surface area contributed by atoms with Crippen LogP contribution in [0.15, 0.2) is 29.1 Å². The van der Waals surface area contributed by atoms with Crippen molar-refractivity contribution >= 4 is 34.2 Å². The predicted octanol–water partition coefficient (Wildman–Crippen LogP) is 3.43. The SMILES string of the molecule is CN(Cc1cscn1)c1ccc(C(F)(F)F)c(C(N)=S)c1. The molecule has 0 bridgehead atoms. The molecule has 1 aromatic heterocycles. The summed E-state index contributed by atoms with van der Waals surface area (Å²) in [6.45, 7) is 0.492. The number of rotatable bonds is 4. The number of anilines is 1. The molecule has 8 heteroatoms. The first-order valence-electron chi connectivity index (χ1n) is 5.88. The molecule has 2 rings (SSSR count). The molecule has 1 aromatic carbocycles. The van der Waals surface area contributed by atoms with Crippen LogP contribution in [0, 0.1) is 0 Å². The van der Waals surface area contributed by atoms with Crippen LogP contribution in [0.25, 0.3) is 0 Å². The van der Waals surface area contributed by atoms with Crippen molar-refractivity contribution in [3.63, 3.8) is 0 Å². The van der Waals surface area contributed by atoms with E-state index < -0.39 is 11.7 Å². The molecule has 0 aliphatic carbocycles. The first kappa shape index (κ1) is 15.7. The van der Waals surface area contributed by atoms with Crippen molar-refractivity contribution < 1.29 is 13.2 Å². The van der Waals surface area contributed by atoms with Gasteiger partial charge in [-0.3, -0.25) is 0 Å². The number of nitrogens with two attached hydrogens (primary N) is 1. The van der Waals surface area contributed by atoms with Crippen molar-refractivity contribution in [1.29, 1.82) is 0 Å². The van der Waals surface area contributed by atoms with E-state index in [-0.39, 0.29) is 10.6 Å². The molecule has 1 heterocycles. The van der Waals surface area contributed by atoms with Gasteiger partial charge in [0.2, 0.25) is 0 Å². The molecule has 0 amide bonds. The number of nitrogens with zero attached hydrogens (tertiary/aromatic N) is 2. The molecule has 3 nitrogen and oxygen atoms in total. The molecule has 2 N–H and O–H groups in total. The zero-order valence-electron chi connectivity index (χ0n) is 11.0. The van der Waals surface area contributed by atoms with Crippen molar-refractivity contribution in [1.82, 2.24) is 4.98 Å². The van der Waals surface area contributed by atoms with Crippen LogP contribution < -0.4 is 10.6 Å². The van der Waals surface area contributed by atoms with Crippen LogP contribution in [0.5, 0.6) is 0 Å². The van der Waals surface area contributed by atoms with Crippen LogP contribution in [0.3, 0.4) is 0 Å². The minimum Gasteiger partial charge on any atom is -0.389 e. The van der Waals surface area contributed by atoms with Gasteiger partial charge in [0.1, 0.15) is 4.99 Å². The number of aromatic nitrogens is 1.